The van der Waals surface area contributed by atoms with Crippen molar-refractivity contribution in [3.8, 4) is 0 Å². The number of likely N-dealkylation sites (N-methyl/N-ethyl adjacent to an activating group) is 1. The number of aromatic carboxylic acids is 1. The Kier molecular flexibility index (Phi) is 5.04. The minimum atomic E-state index is -1.03. The van der Waals surface area contributed by atoms with Crippen LogP contribution in [0.4, 0.5) is 11.4 Å². The van der Waals surface area contributed by atoms with Crippen molar-refractivity contribution in [1.29, 1.82) is 0 Å². The van der Waals surface area contributed by atoms with E-state index in [4.69, 9.17) is 5.11 Å². The van der Waals surface area contributed by atoms with Gasteiger partial charge < -0.3 is 5.11 Å². The number of benzene rings is 2. The van der Waals surface area contributed by atoms with Gasteiger partial charge in [-0.25, -0.2) is 9.79 Å². The highest BCUT2D eigenvalue weighted by Crippen LogP contribution is 2.33. The van der Waals surface area contributed by atoms with Crippen LogP contribution in [-0.2, 0) is 4.79 Å². The van der Waals surface area contributed by atoms with E-state index < -0.39 is 10.9 Å². The van der Waals surface area contributed by atoms with Gasteiger partial charge in [-0.1, -0.05) is 12.1 Å². The van der Waals surface area contributed by atoms with Crippen molar-refractivity contribution in [2.75, 3.05) is 7.05 Å². The molecule has 3 rings (SSSR count). The summed E-state index contributed by atoms with van der Waals surface area (Å²) in [4.78, 5) is 39.8. The van der Waals surface area contributed by atoms with Gasteiger partial charge in [0, 0.05) is 19.2 Å². The maximum atomic E-state index is 12.4. The summed E-state index contributed by atoms with van der Waals surface area (Å²) in [5, 5.41) is 20.2. The van der Waals surface area contributed by atoms with Gasteiger partial charge in [-0.05, 0) is 47.7 Å². The first kappa shape index (κ1) is 18.3. The van der Waals surface area contributed by atoms with Gasteiger partial charge in [0.1, 0.15) is 0 Å². The molecule has 1 saturated heterocycles. The molecule has 0 atom stereocenters. The van der Waals surface area contributed by atoms with E-state index in [0.717, 1.165) is 11.8 Å². The summed E-state index contributed by atoms with van der Waals surface area (Å²) < 4.78 is 0. The second-order valence-electron chi connectivity index (χ2n) is 5.57. The number of amides is 1. The van der Waals surface area contributed by atoms with Gasteiger partial charge in [-0.15, -0.1) is 0 Å². The van der Waals surface area contributed by atoms with E-state index in [1.54, 1.807) is 37.4 Å². The highest BCUT2D eigenvalue weighted by molar-refractivity contribution is 8.18. The predicted octanol–water partition coefficient (Wildman–Crippen LogP) is 3.53. The molecule has 1 heterocycles. The maximum absolute atomic E-state index is 12.4. The summed E-state index contributed by atoms with van der Waals surface area (Å²) in [5.74, 6) is -1.30. The number of thioether (sulfide) groups is 1. The number of nitro groups is 1. The van der Waals surface area contributed by atoms with Crippen LogP contribution in [0, 0.1) is 10.1 Å². The number of nitro benzene ring substituents is 1. The molecule has 0 saturated carbocycles. The molecule has 27 heavy (non-hydrogen) atoms. The molecule has 9 heteroatoms. The minimum absolute atomic E-state index is 0.0550. The van der Waals surface area contributed by atoms with Crippen molar-refractivity contribution in [2.45, 2.75) is 0 Å². The molecule has 0 bridgehead atoms. The number of hydrogen-bond donors (Lipinski definition) is 1. The predicted molar refractivity (Wildman–Crippen MR) is 102 cm³/mol. The van der Waals surface area contributed by atoms with Crippen molar-refractivity contribution in [3.63, 3.8) is 0 Å². The van der Waals surface area contributed by atoms with Crippen LogP contribution in [0.25, 0.3) is 6.08 Å². The molecular weight excluding hydrogens is 370 g/mol. The highest BCUT2D eigenvalue weighted by Gasteiger charge is 2.30. The van der Waals surface area contributed by atoms with Crippen LogP contribution in [0.3, 0.4) is 0 Å². The lowest BCUT2D eigenvalue weighted by molar-refractivity contribution is -0.384. The largest absolute Gasteiger partial charge is 0.478 e. The summed E-state index contributed by atoms with van der Waals surface area (Å²) in [6.07, 6.45) is 1.58. The molecule has 1 aliphatic rings. The van der Waals surface area contributed by atoms with E-state index in [1.165, 1.54) is 29.2 Å². The second kappa shape index (κ2) is 7.42. The number of aliphatic imine (C=N–C) groups is 1. The summed E-state index contributed by atoms with van der Waals surface area (Å²) in [5.41, 5.74) is 1.15. The van der Waals surface area contributed by atoms with E-state index >= 15 is 0 Å². The number of amidine groups is 1. The molecule has 1 aliphatic heterocycles. The van der Waals surface area contributed by atoms with Crippen LogP contribution in [0.1, 0.15) is 15.9 Å². The number of nitrogens with zero attached hydrogens (tertiary/aromatic N) is 3. The fourth-order valence-electron chi connectivity index (χ4n) is 2.32. The molecule has 2 aromatic carbocycles. The number of carboxylic acid groups (broad SMARTS) is 1. The molecule has 1 N–H and O–H groups in total. The van der Waals surface area contributed by atoms with Gasteiger partial charge in [-0.3, -0.25) is 19.8 Å². The van der Waals surface area contributed by atoms with Gasteiger partial charge in [0.05, 0.1) is 21.1 Å². The first-order chi connectivity index (χ1) is 12.8. The van der Waals surface area contributed by atoms with E-state index in [1.807, 2.05) is 0 Å². The number of hydrogen-bond acceptors (Lipinski definition) is 6. The zero-order chi connectivity index (χ0) is 19.6. The summed E-state index contributed by atoms with van der Waals surface area (Å²) >= 11 is 1.14. The van der Waals surface area contributed by atoms with Crippen LogP contribution in [0.2, 0.25) is 0 Å². The molecule has 2 aromatic rings. The molecular formula is C18H13N3O5S. The Morgan fingerprint density at radius 2 is 1.96 bits per heavy atom. The molecule has 1 fully saturated rings. The highest BCUT2D eigenvalue weighted by atomic mass is 32.2. The van der Waals surface area contributed by atoms with E-state index in [-0.39, 0.29) is 17.2 Å². The second-order valence-corrected chi connectivity index (χ2v) is 6.58. The fourth-order valence-corrected chi connectivity index (χ4v) is 3.31. The fraction of sp³-hybridized carbons (Fsp3) is 0.0556. The van der Waals surface area contributed by atoms with E-state index in [2.05, 4.69) is 4.99 Å². The van der Waals surface area contributed by atoms with Crippen molar-refractivity contribution in [2.24, 2.45) is 4.99 Å². The third-order valence-electron chi connectivity index (χ3n) is 3.72. The number of carboxylic acids is 1. The molecule has 0 aliphatic carbocycles. The molecule has 0 radical (unpaired) electrons. The Balaban J connectivity index is 1.87. The Hall–Kier alpha value is -3.46. The maximum Gasteiger partial charge on any atom is 0.335 e. The average molecular weight is 383 g/mol. The molecule has 8 nitrogen and oxygen atoms in total. The standard InChI is InChI=1S/C18H13N3O5S/c1-20-16(22)15(10-11-3-2-4-14(9-11)21(25)26)27-18(20)19-13-7-5-12(6-8-13)17(23)24/h2-10H,1H3,(H,23,24)/b15-10-,19-18?. The normalized spacial score (nSPS) is 16.9. The Morgan fingerprint density at radius 3 is 2.59 bits per heavy atom. The lowest BCUT2D eigenvalue weighted by Gasteiger charge is -2.07. The Labute approximate surface area is 158 Å². The van der Waals surface area contributed by atoms with Gasteiger partial charge in [0.15, 0.2) is 5.17 Å². The topological polar surface area (TPSA) is 113 Å². The molecule has 0 aromatic heterocycles. The van der Waals surface area contributed by atoms with Crippen LogP contribution < -0.4 is 0 Å². The lowest BCUT2D eigenvalue weighted by Crippen LogP contribution is -2.23. The van der Waals surface area contributed by atoms with Crippen molar-refractivity contribution in [3.05, 3.63) is 74.7 Å². The van der Waals surface area contributed by atoms with E-state index in [0.29, 0.717) is 21.3 Å². The number of carbonyl (C=O) groups excluding carboxylic acids is 1. The molecule has 0 spiro atoms. The Bertz CT molecular complexity index is 998. The summed E-state index contributed by atoms with van der Waals surface area (Å²) in [6, 6.07) is 12.0. The average Bonchev–Trinajstić information content (AvgIpc) is 2.90. The third kappa shape index (κ3) is 4.04. The van der Waals surface area contributed by atoms with Crippen LogP contribution >= 0.6 is 11.8 Å². The summed E-state index contributed by atoms with van der Waals surface area (Å²) in [6.45, 7) is 0. The molecule has 136 valence electrons. The number of non-ortho nitro benzene ring substituents is 1. The van der Waals surface area contributed by atoms with Gasteiger partial charge in [0.25, 0.3) is 11.6 Å². The minimum Gasteiger partial charge on any atom is -0.478 e. The Morgan fingerprint density at radius 1 is 1.26 bits per heavy atom. The summed E-state index contributed by atoms with van der Waals surface area (Å²) in [7, 11) is 1.58. The third-order valence-corrected chi connectivity index (χ3v) is 4.78. The quantitative estimate of drug-likeness (QED) is 0.491. The first-order valence-corrected chi connectivity index (χ1v) is 8.51. The SMILES string of the molecule is CN1C(=O)/C(=C/c2cccc([N+](=O)[O-])c2)SC1=Nc1ccc(C(=O)O)cc1. The lowest BCUT2D eigenvalue weighted by atomic mass is 10.2. The van der Waals surface area contributed by atoms with Crippen molar-refractivity contribution < 1.29 is 19.6 Å². The van der Waals surface area contributed by atoms with Crippen molar-refractivity contribution >= 4 is 46.3 Å². The molecule has 1 amide bonds. The zero-order valence-electron chi connectivity index (χ0n) is 14.0. The van der Waals surface area contributed by atoms with Gasteiger partial charge in [0.2, 0.25) is 0 Å². The first-order valence-electron chi connectivity index (χ1n) is 7.69. The van der Waals surface area contributed by atoms with Crippen LogP contribution in [-0.4, -0.2) is 39.0 Å². The van der Waals surface area contributed by atoms with E-state index in [9.17, 15) is 19.7 Å². The van der Waals surface area contributed by atoms with Crippen LogP contribution in [0.15, 0.2) is 58.4 Å². The smallest absolute Gasteiger partial charge is 0.335 e. The number of carbonyl (C=O) groups is 2. The van der Waals surface area contributed by atoms with Crippen molar-refractivity contribution in [1.82, 2.24) is 4.90 Å². The van der Waals surface area contributed by atoms with Gasteiger partial charge >= 0.3 is 5.97 Å². The monoisotopic (exact) mass is 383 g/mol. The molecule has 0 unspecified atom stereocenters. The van der Waals surface area contributed by atoms with Crippen LogP contribution in [0.5, 0.6) is 0 Å². The van der Waals surface area contributed by atoms with Gasteiger partial charge in [-0.2, -0.15) is 0 Å². The number of rotatable bonds is 4. The zero-order valence-corrected chi connectivity index (χ0v) is 14.8.